The minimum absolute atomic E-state index is 0.00204. The van der Waals surface area contributed by atoms with Crippen LogP contribution in [0.3, 0.4) is 0 Å². The van der Waals surface area contributed by atoms with Crippen molar-refractivity contribution in [3.8, 4) is 5.75 Å². The molecular weight excluding hydrogens is 626 g/mol. The number of anilines is 1. The Hall–Kier alpha value is -4.74. The minimum atomic E-state index is -4.89. The summed E-state index contributed by atoms with van der Waals surface area (Å²) in [6.45, 7) is 0.946. The van der Waals surface area contributed by atoms with Crippen LogP contribution in [0, 0.1) is 0 Å². The van der Waals surface area contributed by atoms with Crippen LogP contribution in [-0.2, 0) is 35.0 Å². The van der Waals surface area contributed by atoms with Gasteiger partial charge in [0, 0.05) is 38.6 Å². The van der Waals surface area contributed by atoms with Crippen molar-refractivity contribution in [3.63, 3.8) is 0 Å². The van der Waals surface area contributed by atoms with Crippen molar-refractivity contribution in [1.29, 1.82) is 0 Å². The number of carbonyl (C=O) groups excluding carboxylic acids is 1. The molecule has 1 saturated heterocycles. The summed E-state index contributed by atoms with van der Waals surface area (Å²) >= 11 is 0. The number of alkyl halides is 6. The number of hydrogen-bond donors (Lipinski definition) is 0. The first-order chi connectivity index (χ1) is 21.8. The van der Waals surface area contributed by atoms with E-state index in [9.17, 15) is 35.9 Å². The number of rotatable bonds is 10. The van der Waals surface area contributed by atoms with Crippen LogP contribution in [0.4, 0.5) is 32.3 Å². The number of halogens is 6. The lowest BCUT2D eigenvalue weighted by molar-refractivity contribution is -0.140. The molecule has 0 aliphatic carbocycles. The Morgan fingerprint density at radius 3 is 2.17 bits per heavy atom. The van der Waals surface area contributed by atoms with E-state index in [1.807, 2.05) is 0 Å². The fraction of sp³-hybridized carbons (Fsp3) is 0.429. The quantitative estimate of drug-likeness (QED) is 0.188. The van der Waals surface area contributed by atoms with Crippen LogP contribution in [0.25, 0.3) is 10.9 Å². The highest BCUT2D eigenvalue weighted by Crippen LogP contribution is 2.32. The number of methoxy groups -OCH3 is 1. The molecule has 0 unspecified atom stereocenters. The predicted molar refractivity (Wildman–Crippen MR) is 150 cm³/mol. The summed E-state index contributed by atoms with van der Waals surface area (Å²) in [5, 5.41) is 7.09. The van der Waals surface area contributed by atoms with E-state index in [-0.39, 0.29) is 50.1 Å². The van der Waals surface area contributed by atoms with Gasteiger partial charge < -0.3 is 19.3 Å². The molecule has 1 aliphatic rings. The van der Waals surface area contributed by atoms with E-state index in [0.717, 1.165) is 15.6 Å². The number of piperazine rings is 1. The van der Waals surface area contributed by atoms with Gasteiger partial charge in [-0.05, 0) is 17.7 Å². The molecule has 0 atom stereocenters. The zero-order valence-electron chi connectivity index (χ0n) is 24.4. The Morgan fingerprint density at radius 1 is 0.891 bits per heavy atom. The number of aromatic nitrogens is 6. The van der Waals surface area contributed by atoms with E-state index < -0.39 is 34.6 Å². The van der Waals surface area contributed by atoms with Crippen molar-refractivity contribution < 1.29 is 40.6 Å². The molecule has 1 aliphatic heterocycles. The average molecular weight is 655 g/mol. The second kappa shape index (κ2) is 13.3. The second-order valence-electron chi connectivity index (χ2n) is 10.3. The van der Waals surface area contributed by atoms with E-state index >= 15 is 0 Å². The standard InChI is InChI=1S/C28H28F6N8O4/c1-45-20-4-2-18(3-5-20)17-42-25(44)23-21(16-37-42)41(38-24(23)28(32,33)34)11-13-46-12-6-22(43)39-7-9-40(10-8-39)26-35-14-19(15-36-26)27(29,30)31/h2-5,14-16H,6-13,17H2,1H3. The number of benzene rings is 1. The topological polar surface area (TPSA) is 120 Å². The van der Waals surface area contributed by atoms with Crippen molar-refractivity contribution in [3.05, 3.63) is 70.0 Å². The monoisotopic (exact) mass is 654 g/mol. The molecule has 1 fully saturated rings. The molecule has 5 rings (SSSR count). The Labute approximate surface area is 257 Å². The molecule has 0 saturated carbocycles. The highest BCUT2D eigenvalue weighted by Gasteiger charge is 2.38. The largest absolute Gasteiger partial charge is 0.497 e. The zero-order valence-corrected chi connectivity index (χ0v) is 24.4. The summed E-state index contributed by atoms with van der Waals surface area (Å²) in [5.74, 6) is 0.494. The van der Waals surface area contributed by atoms with Gasteiger partial charge in [-0.2, -0.15) is 36.5 Å². The van der Waals surface area contributed by atoms with Gasteiger partial charge in [0.1, 0.15) is 11.1 Å². The number of hydrogen-bond acceptors (Lipinski definition) is 9. The number of amides is 1. The third kappa shape index (κ3) is 7.38. The van der Waals surface area contributed by atoms with E-state index in [4.69, 9.17) is 9.47 Å². The van der Waals surface area contributed by atoms with Gasteiger partial charge in [0.15, 0.2) is 5.69 Å². The first-order valence-electron chi connectivity index (χ1n) is 14.0. The number of carbonyl (C=O) groups is 1. The maximum atomic E-state index is 13.9. The summed E-state index contributed by atoms with van der Waals surface area (Å²) in [6, 6.07) is 6.67. The normalized spacial score (nSPS) is 14.2. The molecule has 1 amide bonds. The first kappa shape index (κ1) is 32.6. The van der Waals surface area contributed by atoms with Crippen LogP contribution < -0.4 is 15.2 Å². The highest BCUT2D eigenvalue weighted by molar-refractivity contribution is 5.80. The van der Waals surface area contributed by atoms with Crippen LogP contribution in [0.15, 0.2) is 47.7 Å². The fourth-order valence-electron chi connectivity index (χ4n) is 4.87. The molecule has 12 nitrogen and oxygen atoms in total. The van der Waals surface area contributed by atoms with Crippen molar-refractivity contribution in [2.45, 2.75) is 31.9 Å². The Balaban J connectivity index is 1.14. The molecule has 4 aromatic rings. The Kier molecular flexibility index (Phi) is 9.45. The van der Waals surface area contributed by atoms with E-state index in [2.05, 4.69) is 20.2 Å². The van der Waals surface area contributed by atoms with Gasteiger partial charge >= 0.3 is 12.4 Å². The van der Waals surface area contributed by atoms with Crippen molar-refractivity contribution in [1.82, 2.24) is 34.4 Å². The molecule has 18 heteroatoms. The zero-order chi connectivity index (χ0) is 33.1. The molecule has 4 heterocycles. The molecule has 0 radical (unpaired) electrons. The summed E-state index contributed by atoms with van der Waals surface area (Å²) in [5.41, 5.74) is -2.68. The summed E-state index contributed by atoms with van der Waals surface area (Å²) < 4.78 is 92.3. The first-order valence-corrected chi connectivity index (χ1v) is 14.0. The fourth-order valence-corrected chi connectivity index (χ4v) is 4.87. The maximum absolute atomic E-state index is 13.9. The molecule has 46 heavy (non-hydrogen) atoms. The third-order valence-corrected chi connectivity index (χ3v) is 7.31. The van der Waals surface area contributed by atoms with Gasteiger partial charge in [-0.25, -0.2) is 14.6 Å². The second-order valence-corrected chi connectivity index (χ2v) is 10.3. The van der Waals surface area contributed by atoms with Crippen LogP contribution in [0.2, 0.25) is 0 Å². The lowest BCUT2D eigenvalue weighted by Gasteiger charge is -2.34. The van der Waals surface area contributed by atoms with Gasteiger partial charge in [-0.3, -0.25) is 14.3 Å². The lowest BCUT2D eigenvalue weighted by Crippen LogP contribution is -2.49. The molecule has 3 aromatic heterocycles. The molecule has 246 valence electrons. The van der Waals surface area contributed by atoms with Gasteiger partial charge in [0.25, 0.3) is 5.56 Å². The SMILES string of the molecule is COc1ccc(Cn2ncc3c(c(C(F)(F)F)nn3CCOCCC(=O)N3CCN(c4ncc(C(F)(F)F)cn4)CC3)c2=O)cc1. The van der Waals surface area contributed by atoms with E-state index in [1.54, 1.807) is 34.1 Å². The smallest absolute Gasteiger partial charge is 0.435 e. The molecular formula is C28H28F6N8O4. The summed E-state index contributed by atoms with van der Waals surface area (Å²) in [4.78, 5) is 36.5. The summed E-state index contributed by atoms with van der Waals surface area (Å²) in [7, 11) is 1.49. The molecule has 0 spiro atoms. The van der Waals surface area contributed by atoms with Crippen LogP contribution >= 0.6 is 0 Å². The third-order valence-electron chi connectivity index (χ3n) is 7.31. The van der Waals surface area contributed by atoms with Crippen molar-refractivity contribution >= 4 is 22.8 Å². The molecule has 1 aromatic carbocycles. The maximum Gasteiger partial charge on any atom is 0.435 e. The van der Waals surface area contributed by atoms with E-state index in [0.29, 0.717) is 49.9 Å². The number of nitrogens with zero attached hydrogens (tertiary/aromatic N) is 8. The van der Waals surface area contributed by atoms with Gasteiger partial charge in [-0.1, -0.05) is 12.1 Å². The van der Waals surface area contributed by atoms with Crippen LogP contribution in [0.1, 0.15) is 23.2 Å². The lowest BCUT2D eigenvalue weighted by atomic mass is 10.2. The van der Waals surface area contributed by atoms with Gasteiger partial charge in [0.2, 0.25) is 11.9 Å². The van der Waals surface area contributed by atoms with Crippen LogP contribution in [0.5, 0.6) is 5.75 Å². The Bertz CT molecular complexity index is 1710. The minimum Gasteiger partial charge on any atom is -0.497 e. The van der Waals surface area contributed by atoms with E-state index in [1.165, 1.54) is 7.11 Å². The number of fused-ring (bicyclic) bond motifs is 1. The average Bonchev–Trinajstić information content (AvgIpc) is 3.42. The Morgan fingerprint density at radius 2 is 1.57 bits per heavy atom. The number of ether oxygens (including phenoxy) is 2. The van der Waals surface area contributed by atoms with Gasteiger partial charge in [-0.15, -0.1) is 0 Å². The molecule has 0 bridgehead atoms. The van der Waals surface area contributed by atoms with Crippen molar-refractivity contribution in [2.75, 3.05) is 51.4 Å². The van der Waals surface area contributed by atoms with Crippen molar-refractivity contribution in [2.24, 2.45) is 0 Å². The van der Waals surface area contributed by atoms with Gasteiger partial charge in [0.05, 0.1) is 57.1 Å². The molecule has 0 N–H and O–H groups in total. The van der Waals surface area contributed by atoms with Crippen LogP contribution in [-0.4, -0.2) is 86.8 Å². The summed E-state index contributed by atoms with van der Waals surface area (Å²) in [6.07, 6.45) is -6.85. The predicted octanol–water partition coefficient (Wildman–Crippen LogP) is 3.23. The highest BCUT2D eigenvalue weighted by atomic mass is 19.4.